The molecule has 1 aliphatic carbocycles. The molecular formula is C8H17NO4S. The van der Waals surface area contributed by atoms with Crippen molar-refractivity contribution in [1.82, 2.24) is 4.72 Å². The van der Waals surface area contributed by atoms with E-state index in [0.717, 1.165) is 6.26 Å². The van der Waals surface area contributed by atoms with Crippen molar-refractivity contribution < 1.29 is 17.9 Å². The van der Waals surface area contributed by atoms with E-state index in [4.69, 9.17) is 9.47 Å². The second-order valence-electron chi connectivity index (χ2n) is 3.43. The molecule has 0 amide bonds. The molecule has 1 aliphatic rings. The zero-order chi connectivity index (χ0) is 10.8. The van der Waals surface area contributed by atoms with Gasteiger partial charge in [-0.25, -0.2) is 13.1 Å². The summed E-state index contributed by atoms with van der Waals surface area (Å²) in [7, 11) is -1.59. The lowest BCUT2D eigenvalue weighted by Gasteiger charge is -2.42. The highest BCUT2D eigenvalue weighted by molar-refractivity contribution is 7.88. The normalized spacial score (nSPS) is 32.6. The van der Waals surface area contributed by atoms with Gasteiger partial charge in [0.25, 0.3) is 0 Å². The van der Waals surface area contributed by atoms with Gasteiger partial charge < -0.3 is 9.47 Å². The second kappa shape index (κ2) is 4.57. The third kappa shape index (κ3) is 2.91. The average Bonchev–Trinajstić information content (AvgIpc) is 2.01. The Morgan fingerprint density at radius 2 is 2.14 bits per heavy atom. The molecule has 0 radical (unpaired) electrons. The maximum Gasteiger partial charge on any atom is 0.209 e. The van der Waals surface area contributed by atoms with E-state index in [2.05, 4.69) is 4.72 Å². The van der Waals surface area contributed by atoms with Gasteiger partial charge in [-0.2, -0.15) is 0 Å². The van der Waals surface area contributed by atoms with Crippen molar-refractivity contribution in [2.45, 2.75) is 31.6 Å². The van der Waals surface area contributed by atoms with Crippen LogP contribution in [0.1, 0.15) is 13.3 Å². The topological polar surface area (TPSA) is 64.6 Å². The molecule has 0 aromatic rings. The molecule has 1 rings (SSSR count). The molecule has 84 valence electrons. The van der Waals surface area contributed by atoms with Gasteiger partial charge in [0, 0.05) is 13.7 Å². The van der Waals surface area contributed by atoms with Crippen molar-refractivity contribution in [1.29, 1.82) is 0 Å². The van der Waals surface area contributed by atoms with E-state index in [1.54, 1.807) is 7.11 Å². The van der Waals surface area contributed by atoms with E-state index in [0.29, 0.717) is 13.0 Å². The Labute approximate surface area is 84.8 Å². The van der Waals surface area contributed by atoms with Crippen molar-refractivity contribution in [2.75, 3.05) is 20.0 Å². The Morgan fingerprint density at radius 1 is 1.50 bits per heavy atom. The summed E-state index contributed by atoms with van der Waals surface area (Å²) in [6, 6.07) is -0.147. The predicted molar refractivity (Wildman–Crippen MR) is 52.6 cm³/mol. The van der Waals surface area contributed by atoms with Crippen molar-refractivity contribution >= 4 is 10.0 Å². The lowest BCUT2D eigenvalue weighted by Crippen LogP contribution is -2.60. The van der Waals surface area contributed by atoms with Crippen LogP contribution in [-0.4, -0.2) is 46.6 Å². The minimum atomic E-state index is -3.15. The minimum Gasteiger partial charge on any atom is -0.377 e. The largest absolute Gasteiger partial charge is 0.377 e. The summed E-state index contributed by atoms with van der Waals surface area (Å²) in [5, 5.41) is 0. The fourth-order valence-electron chi connectivity index (χ4n) is 1.66. The van der Waals surface area contributed by atoms with E-state index in [1.807, 2.05) is 6.92 Å². The summed E-state index contributed by atoms with van der Waals surface area (Å²) in [6.45, 7) is 2.53. The molecule has 3 atom stereocenters. The maximum atomic E-state index is 11.0. The highest BCUT2D eigenvalue weighted by Crippen LogP contribution is 2.27. The molecule has 6 heteroatoms. The van der Waals surface area contributed by atoms with E-state index in [9.17, 15) is 8.42 Å². The van der Waals surface area contributed by atoms with Gasteiger partial charge >= 0.3 is 0 Å². The van der Waals surface area contributed by atoms with Gasteiger partial charge in [-0.1, -0.05) is 0 Å². The number of hydrogen-bond donors (Lipinski definition) is 1. The molecule has 5 nitrogen and oxygen atoms in total. The number of hydrogen-bond acceptors (Lipinski definition) is 4. The number of methoxy groups -OCH3 is 1. The van der Waals surface area contributed by atoms with Crippen LogP contribution < -0.4 is 4.72 Å². The summed E-state index contributed by atoms with van der Waals surface area (Å²) in [5.74, 6) is 0. The molecule has 0 heterocycles. The molecule has 0 saturated heterocycles. The smallest absolute Gasteiger partial charge is 0.209 e. The van der Waals surface area contributed by atoms with Crippen LogP contribution in [0.3, 0.4) is 0 Å². The van der Waals surface area contributed by atoms with Crippen LogP contribution in [-0.2, 0) is 19.5 Å². The number of rotatable bonds is 5. The molecule has 0 aromatic heterocycles. The highest BCUT2D eigenvalue weighted by Gasteiger charge is 2.43. The molecule has 1 saturated carbocycles. The summed E-state index contributed by atoms with van der Waals surface area (Å²) < 4.78 is 34.9. The third-order valence-electron chi connectivity index (χ3n) is 2.27. The van der Waals surface area contributed by atoms with Gasteiger partial charge in [-0.3, -0.25) is 0 Å². The lowest BCUT2D eigenvalue weighted by atomic mass is 9.86. The first kappa shape index (κ1) is 11.9. The Balaban J connectivity index is 2.45. The first-order valence-electron chi connectivity index (χ1n) is 4.59. The number of nitrogens with one attached hydrogen (secondary N) is 1. The van der Waals surface area contributed by atoms with Gasteiger partial charge in [-0.15, -0.1) is 0 Å². The summed E-state index contributed by atoms with van der Waals surface area (Å²) >= 11 is 0. The van der Waals surface area contributed by atoms with E-state index in [1.165, 1.54) is 0 Å². The molecule has 3 unspecified atom stereocenters. The highest BCUT2D eigenvalue weighted by atomic mass is 32.2. The first-order chi connectivity index (χ1) is 6.48. The van der Waals surface area contributed by atoms with E-state index < -0.39 is 10.0 Å². The number of sulfonamides is 1. The van der Waals surface area contributed by atoms with Crippen molar-refractivity contribution in [3.8, 4) is 0 Å². The van der Waals surface area contributed by atoms with E-state index >= 15 is 0 Å². The molecule has 1 N–H and O–H groups in total. The standard InChI is InChI=1S/C8H17NO4S/c1-4-13-7-5-6(8(7)12-2)9-14(3,10)11/h6-9H,4-5H2,1-3H3. The fraction of sp³-hybridized carbons (Fsp3) is 1.00. The SMILES string of the molecule is CCOC1CC(NS(C)(=O)=O)C1OC. The van der Waals surface area contributed by atoms with Gasteiger partial charge in [-0.05, 0) is 13.3 Å². The Kier molecular flexibility index (Phi) is 3.88. The lowest BCUT2D eigenvalue weighted by molar-refractivity contribution is -0.126. The van der Waals surface area contributed by atoms with Crippen molar-refractivity contribution in [3.63, 3.8) is 0 Å². The van der Waals surface area contributed by atoms with Crippen molar-refractivity contribution in [2.24, 2.45) is 0 Å². The van der Waals surface area contributed by atoms with Crippen molar-refractivity contribution in [3.05, 3.63) is 0 Å². The second-order valence-corrected chi connectivity index (χ2v) is 5.21. The molecule has 0 bridgehead atoms. The molecule has 1 fully saturated rings. The Hall–Kier alpha value is -0.170. The van der Waals surface area contributed by atoms with Crippen LogP contribution in [0, 0.1) is 0 Å². The average molecular weight is 223 g/mol. The summed E-state index contributed by atoms with van der Waals surface area (Å²) in [5.41, 5.74) is 0. The molecule has 0 spiro atoms. The zero-order valence-electron chi connectivity index (χ0n) is 8.69. The monoisotopic (exact) mass is 223 g/mol. The first-order valence-corrected chi connectivity index (χ1v) is 6.48. The maximum absolute atomic E-state index is 11.0. The van der Waals surface area contributed by atoms with Crippen LogP contribution in [0.2, 0.25) is 0 Å². The Bertz CT molecular complexity index is 277. The van der Waals surface area contributed by atoms with Gasteiger partial charge in [0.15, 0.2) is 0 Å². The van der Waals surface area contributed by atoms with Crippen LogP contribution >= 0.6 is 0 Å². The Morgan fingerprint density at radius 3 is 2.57 bits per heavy atom. The van der Waals surface area contributed by atoms with Gasteiger partial charge in [0.05, 0.1) is 24.5 Å². The molecule has 0 aromatic carbocycles. The fourth-order valence-corrected chi connectivity index (χ4v) is 2.45. The minimum absolute atomic E-state index is 0.0178. The van der Waals surface area contributed by atoms with Crippen LogP contribution in [0.25, 0.3) is 0 Å². The van der Waals surface area contributed by atoms with E-state index in [-0.39, 0.29) is 18.2 Å². The molecular weight excluding hydrogens is 206 g/mol. The predicted octanol–water partition coefficient (Wildman–Crippen LogP) is -0.272. The van der Waals surface area contributed by atoms with Gasteiger partial charge in [0.1, 0.15) is 0 Å². The zero-order valence-corrected chi connectivity index (χ0v) is 9.50. The molecule has 0 aliphatic heterocycles. The quantitative estimate of drug-likeness (QED) is 0.696. The summed E-state index contributed by atoms with van der Waals surface area (Å²) in [4.78, 5) is 0. The van der Waals surface area contributed by atoms with Crippen LogP contribution in [0.5, 0.6) is 0 Å². The molecule has 14 heavy (non-hydrogen) atoms. The van der Waals surface area contributed by atoms with Crippen LogP contribution in [0.4, 0.5) is 0 Å². The third-order valence-corrected chi connectivity index (χ3v) is 3.00. The van der Waals surface area contributed by atoms with Gasteiger partial charge in [0.2, 0.25) is 10.0 Å². The summed E-state index contributed by atoms with van der Waals surface area (Å²) in [6.07, 6.45) is 1.68. The van der Waals surface area contributed by atoms with Crippen LogP contribution in [0.15, 0.2) is 0 Å². The number of ether oxygens (including phenoxy) is 2.